The van der Waals surface area contributed by atoms with Crippen LogP contribution in [0.4, 0.5) is 0 Å². The molecule has 4 heterocycles. The number of hydrogen-bond donors (Lipinski definition) is 2. The summed E-state index contributed by atoms with van der Waals surface area (Å²) < 4.78 is 0. The molecule has 4 aromatic heterocycles. The molecule has 5 rings (SSSR count). The zero-order valence-corrected chi connectivity index (χ0v) is 12.6. The third kappa shape index (κ3) is 1.97. The van der Waals surface area contributed by atoms with Crippen molar-refractivity contribution < 1.29 is 0 Å². The Labute approximate surface area is 136 Å². The van der Waals surface area contributed by atoms with Gasteiger partial charge >= 0.3 is 0 Å². The lowest BCUT2D eigenvalue weighted by atomic mass is 10.1. The second-order valence-corrected chi connectivity index (χ2v) is 5.59. The van der Waals surface area contributed by atoms with E-state index in [4.69, 9.17) is 0 Å². The predicted molar refractivity (Wildman–Crippen MR) is 92.2 cm³/mol. The van der Waals surface area contributed by atoms with Crippen molar-refractivity contribution in [3.63, 3.8) is 0 Å². The van der Waals surface area contributed by atoms with Gasteiger partial charge in [-0.2, -0.15) is 5.10 Å². The number of nitrogens with zero attached hydrogens (tertiary/aromatic N) is 4. The van der Waals surface area contributed by atoms with Gasteiger partial charge in [-0.15, -0.1) is 0 Å². The van der Waals surface area contributed by atoms with Gasteiger partial charge in [0.05, 0.1) is 11.4 Å². The first kappa shape index (κ1) is 13.0. The normalized spacial score (nSPS) is 11.3. The van der Waals surface area contributed by atoms with Gasteiger partial charge in [0, 0.05) is 46.0 Å². The maximum atomic E-state index is 4.45. The fourth-order valence-electron chi connectivity index (χ4n) is 2.92. The minimum absolute atomic E-state index is 0.684. The van der Waals surface area contributed by atoms with Crippen LogP contribution in [0.15, 0.2) is 61.3 Å². The number of pyridine rings is 1. The van der Waals surface area contributed by atoms with Gasteiger partial charge in [0.1, 0.15) is 6.33 Å². The molecule has 0 aliphatic heterocycles. The molecule has 0 saturated heterocycles. The standard InChI is InChI=1S/C18H12N6/c1-2-4-15-11(3-1)6-16(22-15)17-14-5-12(9-21-18(14)24-23-17)13-7-19-10-20-8-13/h1-10,22H,(H,21,23,24). The Bertz CT molecular complexity index is 1120. The fourth-order valence-corrected chi connectivity index (χ4v) is 2.92. The fraction of sp³-hybridized carbons (Fsp3) is 0. The third-order valence-corrected chi connectivity index (χ3v) is 4.10. The van der Waals surface area contributed by atoms with E-state index in [1.807, 2.05) is 12.1 Å². The minimum Gasteiger partial charge on any atom is -0.353 e. The summed E-state index contributed by atoms with van der Waals surface area (Å²) >= 11 is 0. The molecule has 0 spiro atoms. The van der Waals surface area contributed by atoms with Crippen molar-refractivity contribution >= 4 is 21.9 Å². The molecule has 0 fully saturated rings. The van der Waals surface area contributed by atoms with Gasteiger partial charge in [0.2, 0.25) is 0 Å². The van der Waals surface area contributed by atoms with Crippen molar-refractivity contribution in [1.82, 2.24) is 30.1 Å². The summed E-state index contributed by atoms with van der Waals surface area (Å²) in [4.78, 5) is 16.0. The molecule has 0 aliphatic rings. The lowest BCUT2D eigenvalue weighted by molar-refractivity contribution is 1.10. The van der Waals surface area contributed by atoms with Crippen LogP contribution in [0, 0.1) is 0 Å². The molecule has 114 valence electrons. The third-order valence-electron chi connectivity index (χ3n) is 4.10. The maximum absolute atomic E-state index is 4.45. The van der Waals surface area contributed by atoms with Gasteiger partial charge in [0.25, 0.3) is 0 Å². The summed E-state index contributed by atoms with van der Waals surface area (Å²) in [7, 11) is 0. The van der Waals surface area contributed by atoms with E-state index < -0.39 is 0 Å². The SMILES string of the molecule is c1ccc2[nH]c(-c3[nH]nc4ncc(-c5cncnc5)cc34)cc2c1. The molecule has 0 saturated carbocycles. The van der Waals surface area contributed by atoms with Crippen LogP contribution in [0.5, 0.6) is 0 Å². The highest BCUT2D eigenvalue weighted by molar-refractivity contribution is 5.95. The van der Waals surface area contributed by atoms with Crippen molar-refractivity contribution in [3.8, 4) is 22.5 Å². The molecule has 1 aromatic carbocycles. The molecule has 0 radical (unpaired) electrons. The van der Waals surface area contributed by atoms with Gasteiger partial charge in [-0.25, -0.2) is 15.0 Å². The smallest absolute Gasteiger partial charge is 0.181 e. The van der Waals surface area contributed by atoms with Gasteiger partial charge in [0.15, 0.2) is 5.65 Å². The molecule has 0 unspecified atom stereocenters. The quantitative estimate of drug-likeness (QED) is 0.522. The van der Waals surface area contributed by atoms with Crippen molar-refractivity contribution in [2.24, 2.45) is 0 Å². The molecule has 0 aliphatic carbocycles. The number of aromatic nitrogens is 6. The first-order valence-corrected chi connectivity index (χ1v) is 7.56. The molecular weight excluding hydrogens is 300 g/mol. The van der Waals surface area contributed by atoms with Gasteiger partial charge in [-0.05, 0) is 18.2 Å². The summed E-state index contributed by atoms with van der Waals surface area (Å²) in [6.07, 6.45) is 6.86. The number of rotatable bonds is 2. The average Bonchev–Trinajstić information content (AvgIpc) is 3.25. The Morgan fingerprint density at radius 1 is 0.875 bits per heavy atom. The summed E-state index contributed by atoms with van der Waals surface area (Å²) in [5, 5.41) is 9.53. The second kappa shape index (κ2) is 4.99. The van der Waals surface area contributed by atoms with Gasteiger partial charge in [-0.1, -0.05) is 18.2 Å². The van der Waals surface area contributed by atoms with Gasteiger partial charge in [-0.3, -0.25) is 5.10 Å². The number of hydrogen-bond acceptors (Lipinski definition) is 4. The lowest BCUT2D eigenvalue weighted by Crippen LogP contribution is -1.85. The van der Waals surface area contributed by atoms with E-state index in [1.54, 1.807) is 18.6 Å². The average molecular weight is 312 g/mol. The highest BCUT2D eigenvalue weighted by atomic mass is 15.2. The predicted octanol–water partition coefficient (Wildman–Crippen LogP) is 3.56. The van der Waals surface area contributed by atoms with Crippen LogP contribution in [0.1, 0.15) is 0 Å². The molecule has 2 N–H and O–H groups in total. The van der Waals surface area contributed by atoms with E-state index in [1.165, 1.54) is 6.33 Å². The molecular formula is C18H12N6. The summed E-state index contributed by atoms with van der Waals surface area (Å²) in [6, 6.07) is 12.4. The van der Waals surface area contributed by atoms with Crippen molar-refractivity contribution in [3.05, 3.63) is 61.3 Å². The van der Waals surface area contributed by atoms with Crippen LogP contribution in [0.2, 0.25) is 0 Å². The number of nitrogens with one attached hydrogen (secondary N) is 2. The largest absolute Gasteiger partial charge is 0.353 e. The minimum atomic E-state index is 0.684. The van der Waals surface area contributed by atoms with Crippen molar-refractivity contribution in [2.45, 2.75) is 0 Å². The molecule has 0 atom stereocenters. The lowest BCUT2D eigenvalue weighted by Gasteiger charge is -2.00. The van der Waals surface area contributed by atoms with E-state index in [2.05, 4.69) is 54.4 Å². The second-order valence-electron chi connectivity index (χ2n) is 5.59. The highest BCUT2D eigenvalue weighted by Crippen LogP contribution is 2.30. The van der Waals surface area contributed by atoms with E-state index in [9.17, 15) is 0 Å². The van der Waals surface area contributed by atoms with E-state index in [0.717, 1.165) is 38.8 Å². The van der Waals surface area contributed by atoms with Crippen LogP contribution >= 0.6 is 0 Å². The number of para-hydroxylation sites is 1. The topological polar surface area (TPSA) is 83.1 Å². The van der Waals surface area contributed by atoms with E-state index in [-0.39, 0.29) is 0 Å². The highest BCUT2D eigenvalue weighted by Gasteiger charge is 2.12. The van der Waals surface area contributed by atoms with Crippen molar-refractivity contribution in [2.75, 3.05) is 0 Å². The molecule has 24 heavy (non-hydrogen) atoms. The van der Waals surface area contributed by atoms with Crippen LogP contribution in [0.3, 0.4) is 0 Å². The van der Waals surface area contributed by atoms with Crippen molar-refractivity contribution in [1.29, 1.82) is 0 Å². The zero-order chi connectivity index (χ0) is 15.9. The Kier molecular flexibility index (Phi) is 2.69. The Morgan fingerprint density at radius 2 is 1.75 bits per heavy atom. The Morgan fingerprint density at radius 3 is 2.62 bits per heavy atom. The maximum Gasteiger partial charge on any atom is 0.181 e. The van der Waals surface area contributed by atoms with E-state index >= 15 is 0 Å². The Balaban J connectivity index is 1.71. The molecule has 0 bridgehead atoms. The number of H-pyrrole nitrogens is 2. The number of aromatic amines is 2. The first-order chi connectivity index (χ1) is 11.9. The van der Waals surface area contributed by atoms with Crippen LogP contribution < -0.4 is 0 Å². The molecule has 6 heteroatoms. The summed E-state index contributed by atoms with van der Waals surface area (Å²) in [5.41, 5.74) is 5.58. The molecule has 0 amide bonds. The van der Waals surface area contributed by atoms with Crippen LogP contribution in [-0.2, 0) is 0 Å². The van der Waals surface area contributed by atoms with Crippen LogP contribution in [-0.4, -0.2) is 30.1 Å². The molecule has 6 nitrogen and oxygen atoms in total. The monoisotopic (exact) mass is 312 g/mol. The van der Waals surface area contributed by atoms with Crippen LogP contribution in [0.25, 0.3) is 44.5 Å². The first-order valence-electron chi connectivity index (χ1n) is 7.56. The molecule has 5 aromatic rings. The zero-order valence-electron chi connectivity index (χ0n) is 12.6. The van der Waals surface area contributed by atoms with E-state index in [0.29, 0.717) is 5.65 Å². The summed E-state index contributed by atoms with van der Waals surface area (Å²) in [5.74, 6) is 0. The number of fused-ring (bicyclic) bond motifs is 2. The summed E-state index contributed by atoms with van der Waals surface area (Å²) in [6.45, 7) is 0. The van der Waals surface area contributed by atoms with Gasteiger partial charge < -0.3 is 4.98 Å². The number of benzene rings is 1. The Hall–Kier alpha value is -3.54.